The third kappa shape index (κ3) is 2.25. The minimum absolute atomic E-state index is 0.128. The number of amides is 1. The highest BCUT2D eigenvalue weighted by Crippen LogP contribution is 2.47. The van der Waals surface area contributed by atoms with Gasteiger partial charge in [-0.05, 0) is 12.8 Å². The zero-order valence-electron chi connectivity index (χ0n) is 10.4. The zero-order chi connectivity index (χ0) is 13.3. The first-order valence-electron chi connectivity index (χ1n) is 5.86. The summed E-state index contributed by atoms with van der Waals surface area (Å²) in [6.07, 6.45) is 2.65. The first-order chi connectivity index (χ1) is 8.47. The minimum atomic E-state index is -1.14. The topological polar surface area (TPSA) is 70.5 Å². The molecule has 1 saturated carbocycles. The number of carboxylic acid groups (broad SMARTS) is 1. The van der Waals surface area contributed by atoms with Crippen LogP contribution in [0.5, 0.6) is 0 Å². The second kappa shape index (κ2) is 4.68. The second-order valence-corrected chi connectivity index (χ2v) is 5.77. The van der Waals surface area contributed by atoms with E-state index in [0.717, 1.165) is 5.01 Å². The van der Waals surface area contributed by atoms with Crippen molar-refractivity contribution < 1.29 is 14.7 Å². The lowest BCUT2D eigenvalue weighted by atomic mass is 10.1. The van der Waals surface area contributed by atoms with Gasteiger partial charge in [-0.2, -0.15) is 0 Å². The predicted molar refractivity (Wildman–Crippen MR) is 67.5 cm³/mol. The summed E-state index contributed by atoms with van der Waals surface area (Å²) in [4.78, 5) is 28.9. The first-order valence-corrected chi connectivity index (χ1v) is 6.73. The molecule has 1 atom stereocenters. The number of aromatic nitrogens is 1. The Labute approximate surface area is 109 Å². The van der Waals surface area contributed by atoms with Gasteiger partial charge < -0.3 is 10.0 Å². The van der Waals surface area contributed by atoms with Crippen molar-refractivity contribution >= 4 is 23.2 Å². The maximum atomic E-state index is 12.1. The highest BCUT2D eigenvalue weighted by atomic mass is 32.1. The molecular weight excluding hydrogens is 252 g/mol. The van der Waals surface area contributed by atoms with Crippen LogP contribution in [0.1, 0.15) is 30.7 Å². The number of hydrogen-bond acceptors (Lipinski definition) is 4. The van der Waals surface area contributed by atoms with Gasteiger partial charge in [0.2, 0.25) is 5.91 Å². The van der Waals surface area contributed by atoms with Crippen molar-refractivity contribution in [2.24, 2.45) is 5.41 Å². The van der Waals surface area contributed by atoms with E-state index in [1.807, 2.05) is 12.3 Å². The van der Waals surface area contributed by atoms with Gasteiger partial charge in [0.25, 0.3) is 0 Å². The Kier molecular flexibility index (Phi) is 3.38. The molecule has 5 nitrogen and oxygen atoms in total. The molecular formula is C12H16N2O3S. The summed E-state index contributed by atoms with van der Waals surface area (Å²) in [6, 6.07) is 0. The van der Waals surface area contributed by atoms with Crippen LogP contribution < -0.4 is 0 Å². The van der Waals surface area contributed by atoms with Gasteiger partial charge in [0.05, 0.1) is 5.01 Å². The van der Waals surface area contributed by atoms with Gasteiger partial charge in [-0.25, -0.2) is 4.98 Å². The van der Waals surface area contributed by atoms with Gasteiger partial charge in [-0.3, -0.25) is 9.59 Å². The number of carbonyl (C=O) groups excluding carboxylic acids is 1. The molecule has 2 rings (SSSR count). The number of carbonyl (C=O) groups is 2. The van der Waals surface area contributed by atoms with Crippen LogP contribution in [0.25, 0.3) is 0 Å². The average Bonchev–Trinajstić information content (AvgIpc) is 2.96. The number of carboxylic acids is 1. The van der Waals surface area contributed by atoms with Crippen LogP contribution in [0.4, 0.5) is 0 Å². The lowest BCUT2D eigenvalue weighted by Gasteiger charge is -2.23. The van der Waals surface area contributed by atoms with E-state index in [1.54, 1.807) is 24.6 Å². The normalized spacial score (nSPS) is 18.1. The summed E-state index contributed by atoms with van der Waals surface area (Å²) in [5.74, 6) is -1.15. The Morgan fingerprint density at radius 2 is 2.28 bits per heavy atom. The summed E-state index contributed by atoms with van der Waals surface area (Å²) in [7, 11) is 1.66. The third-order valence-electron chi connectivity index (χ3n) is 3.34. The molecule has 0 aromatic carbocycles. The molecule has 6 heteroatoms. The number of nitrogens with zero attached hydrogens (tertiary/aromatic N) is 2. The lowest BCUT2D eigenvalue weighted by Crippen LogP contribution is -2.40. The smallest absolute Gasteiger partial charge is 0.319 e. The van der Waals surface area contributed by atoms with Gasteiger partial charge >= 0.3 is 5.97 Å². The summed E-state index contributed by atoms with van der Waals surface area (Å²) >= 11 is 1.55. The number of thiazole rings is 1. The largest absolute Gasteiger partial charge is 0.480 e. The fourth-order valence-corrected chi connectivity index (χ4v) is 2.75. The molecule has 18 heavy (non-hydrogen) atoms. The molecule has 1 unspecified atom stereocenters. The van der Waals surface area contributed by atoms with Crippen molar-refractivity contribution in [3.63, 3.8) is 0 Å². The SMILES string of the molecule is CC(CN(C)C(=O)C1(C(=O)O)CC1)c1nccs1. The Morgan fingerprint density at radius 1 is 1.61 bits per heavy atom. The maximum absolute atomic E-state index is 12.1. The van der Waals surface area contributed by atoms with Gasteiger partial charge in [-0.15, -0.1) is 11.3 Å². The second-order valence-electron chi connectivity index (χ2n) is 4.84. The summed E-state index contributed by atoms with van der Waals surface area (Å²) in [5.41, 5.74) is -1.14. The highest BCUT2D eigenvalue weighted by molar-refractivity contribution is 7.09. The van der Waals surface area contributed by atoms with E-state index in [9.17, 15) is 9.59 Å². The van der Waals surface area contributed by atoms with Crippen LogP contribution in [0.2, 0.25) is 0 Å². The van der Waals surface area contributed by atoms with Crippen molar-refractivity contribution in [2.75, 3.05) is 13.6 Å². The average molecular weight is 268 g/mol. The molecule has 98 valence electrons. The molecule has 0 spiro atoms. The van der Waals surface area contributed by atoms with Crippen LogP contribution in [0.3, 0.4) is 0 Å². The number of likely N-dealkylation sites (N-methyl/N-ethyl adjacent to an activating group) is 1. The summed E-state index contributed by atoms with van der Waals surface area (Å²) in [5, 5.41) is 11.9. The van der Waals surface area contributed by atoms with Gasteiger partial charge in [0.1, 0.15) is 5.41 Å². The fourth-order valence-electron chi connectivity index (χ4n) is 2.06. The Morgan fingerprint density at radius 3 is 2.72 bits per heavy atom. The van der Waals surface area contributed by atoms with E-state index in [-0.39, 0.29) is 11.8 Å². The van der Waals surface area contributed by atoms with Crippen molar-refractivity contribution in [1.82, 2.24) is 9.88 Å². The lowest BCUT2D eigenvalue weighted by molar-refractivity contribution is -0.152. The zero-order valence-corrected chi connectivity index (χ0v) is 11.2. The van der Waals surface area contributed by atoms with Crippen LogP contribution in [0, 0.1) is 5.41 Å². The molecule has 1 amide bonds. The van der Waals surface area contributed by atoms with E-state index in [0.29, 0.717) is 19.4 Å². The molecule has 1 aliphatic carbocycles. The molecule has 1 N–H and O–H groups in total. The molecule has 0 radical (unpaired) electrons. The maximum Gasteiger partial charge on any atom is 0.319 e. The van der Waals surface area contributed by atoms with E-state index >= 15 is 0 Å². The molecule has 1 heterocycles. The van der Waals surface area contributed by atoms with E-state index in [1.165, 1.54) is 4.90 Å². The number of rotatable bonds is 5. The van der Waals surface area contributed by atoms with Crippen LogP contribution >= 0.6 is 11.3 Å². The Hall–Kier alpha value is -1.43. The van der Waals surface area contributed by atoms with E-state index in [4.69, 9.17) is 5.11 Å². The minimum Gasteiger partial charge on any atom is -0.480 e. The van der Waals surface area contributed by atoms with Crippen LogP contribution in [-0.4, -0.2) is 40.5 Å². The molecule has 0 aliphatic heterocycles. The molecule has 1 aromatic heterocycles. The van der Waals surface area contributed by atoms with Crippen molar-refractivity contribution in [3.8, 4) is 0 Å². The summed E-state index contributed by atoms with van der Waals surface area (Å²) < 4.78 is 0. The van der Waals surface area contributed by atoms with Crippen molar-refractivity contribution in [2.45, 2.75) is 25.7 Å². The fraction of sp³-hybridized carbons (Fsp3) is 0.583. The van der Waals surface area contributed by atoms with Crippen molar-refractivity contribution in [1.29, 1.82) is 0 Å². The van der Waals surface area contributed by atoms with E-state index < -0.39 is 11.4 Å². The standard InChI is InChI=1S/C12H16N2O3S/c1-8(9-13-5-6-18-9)7-14(2)10(15)12(3-4-12)11(16)17/h5-6,8H,3-4,7H2,1-2H3,(H,16,17). The van der Waals surface area contributed by atoms with Crippen LogP contribution in [0.15, 0.2) is 11.6 Å². The molecule has 1 fully saturated rings. The van der Waals surface area contributed by atoms with Crippen molar-refractivity contribution in [3.05, 3.63) is 16.6 Å². The van der Waals surface area contributed by atoms with Gasteiger partial charge in [0.15, 0.2) is 0 Å². The third-order valence-corrected chi connectivity index (χ3v) is 4.34. The van der Waals surface area contributed by atoms with E-state index in [2.05, 4.69) is 4.98 Å². The summed E-state index contributed by atoms with van der Waals surface area (Å²) in [6.45, 7) is 2.49. The van der Waals surface area contributed by atoms with Crippen LogP contribution in [-0.2, 0) is 9.59 Å². The Bertz CT molecular complexity index is 454. The van der Waals surface area contributed by atoms with Gasteiger partial charge in [-0.1, -0.05) is 6.92 Å². The Balaban J connectivity index is 1.98. The van der Waals surface area contributed by atoms with Gasteiger partial charge in [0, 0.05) is 31.1 Å². The molecule has 1 aromatic rings. The molecule has 0 bridgehead atoms. The number of hydrogen-bond donors (Lipinski definition) is 1. The quantitative estimate of drug-likeness (QED) is 0.823. The predicted octanol–water partition coefficient (Wildman–Crippen LogP) is 1.57. The highest BCUT2D eigenvalue weighted by Gasteiger charge is 2.58. The molecule has 0 saturated heterocycles. The molecule has 1 aliphatic rings. The monoisotopic (exact) mass is 268 g/mol. The number of aliphatic carboxylic acids is 1. The first kappa shape index (κ1) is 13.0.